The van der Waals surface area contributed by atoms with Gasteiger partial charge < -0.3 is 0 Å². The molecule has 0 fully saturated rings. The molecule has 14 heavy (non-hydrogen) atoms. The maximum absolute atomic E-state index is 2.29. The predicted molar refractivity (Wildman–Crippen MR) is 68.3 cm³/mol. The first-order chi connectivity index (χ1) is 6.84. The van der Waals surface area contributed by atoms with Crippen LogP contribution in [0.4, 0.5) is 0 Å². The summed E-state index contributed by atoms with van der Waals surface area (Å²) in [6.45, 7) is 2.29. The number of rotatable bonds is 4. The third-order valence-electron chi connectivity index (χ3n) is 2.11. The van der Waals surface area contributed by atoms with E-state index >= 15 is 0 Å². The molecule has 0 aromatic rings. The third-order valence-corrected chi connectivity index (χ3v) is 4.56. The first-order valence-corrected chi connectivity index (χ1v) is 6.65. The van der Waals surface area contributed by atoms with Gasteiger partial charge in [-0.3, -0.25) is 0 Å². The predicted octanol–water partition coefficient (Wildman–Crippen LogP) is 4.49. The first-order valence-electron chi connectivity index (χ1n) is 4.89. The van der Waals surface area contributed by atoms with E-state index in [4.69, 9.17) is 0 Å². The van der Waals surface area contributed by atoms with Crippen LogP contribution in [0.2, 0.25) is 0 Å². The summed E-state index contributed by atoms with van der Waals surface area (Å²) in [5.41, 5.74) is 0. The quantitative estimate of drug-likeness (QED) is 0.643. The highest BCUT2D eigenvalue weighted by atomic mass is 32.2. The Labute approximate surface area is 94.2 Å². The number of hydrogen-bond acceptors (Lipinski definition) is 2. The Hall–Kier alpha value is -0.340. The van der Waals surface area contributed by atoms with Crippen molar-refractivity contribution in [3.05, 3.63) is 46.3 Å². The summed E-state index contributed by atoms with van der Waals surface area (Å²) in [5, 5.41) is 0. The van der Waals surface area contributed by atoms with E-state index in [1.807, 2.05) is 23.5 Å². The van der Waals surface area contributed by atoms with Crippen molar-refractivity contribution in [3.8, 4) is 0 Å². The van der Waals surface area contributed by atoms with E-state index in [9.17, 15) is 0 Å². The lowest BCUT2D eigenvalue weighted by atomic mass is 10.5. The molecule has 2 heteroatoms. The van der Waals surface area contributed by atoms with E-state index in [1.165, 1.54) is 9.81 Å². The smallest absolute Gasteiger partial charge is 0.0562 e. The molecular formula is C12H14S2. The van der Waals surface area contributed by atoms with Crippen LogP contribution in [0.25, 0.3) is 0 Å². The summed E-state index contributed by atoms with van der Waals surface area (Å²) in [6, 6.07) is 0. The van der Waals surface area contributed by atoms with Crippen LogP contribution in [0, 0.1) is 0 Å². The van der Waals surface area contributed by atoms with Crippen molar-refractivity contribution in [3.63, 3.8) is 0 Å². The van der Waals surface area contributed by atoms with E-state index in [0.29, 0.717) is 4.58 Å². The first kappa shape index (κ1) is 10.2. The zero-order valence-electron chi connectivity index (χ0n) is 8.27. The zero-order valence-corrected chi connectivity index (χ0v) is 9.91. The van der Waals surface area contributed by atoms with Gasteiger partial charge in [-0.05, 0) is 29.6 Å². The third kappa shape index (κ3) is 2.82. The topological polar surface area (TPSA) is 0 Å². The Morgan fingerprint density at radius 3 is 1.86 bits per heavy atom. The van der Waals surface area contributed by atoms with Crippen LogP contribution in [0.15, 0.2) is 46.3 Å². The van der Waals surface area contributed by atoms with Gasteiger partial charge in [0.25, 0.3) is 0 Å². The average Bonchev–Trinajstić information content (AvgIpc) is 2.76. The summed E-state index contributed by atoms with van der Waals surface area (Å²) >= 11 is 3.97. The maximum atomic E-state index is 2.29. The molecule has 0 amide bonds. The van der Waals surface area contributed by atoms with Crippen molar-refractivity contribution in [1.29, 1.82) is 0 Å². The summed E-state index contributed by atoms with van der Waals surface area (Å²) in [4.78, 5) is 2.99. The fourth-order valence-corrected chi connectivity index (χ4v) is 3.97. The second-order valence-electron chi connectivity index (χ2n) is 3.33. The van der Waals surface area contributed by atoms with Crippen molar-refractivity contribution in [2.45, 2.75) is 24.3 Å². The molecule has 0 atom stereocenters. The monoisotopic (exact) mass is 222 g/mol. The highest BCUT2D eigenvalue weighted by Crippen LogP contribution is 2.38. The van der Waals surface area contributed by atoms with E-state index in [-0.39, 0.29) is 0 Å². The second kappa shape index (κ2) is 4.94. The summed E-state index contributed by atoms with van der Waals surface area (Å²) in [6.07, 6.45) is 15.4. The Kier molecular flexibility index (Phi) is 3.60. The van der Waals surface area contributed by atoms with E-state index in [2.05, 4.69) is 43.4 Å². The van der Waals surface area contributed by atoms with Gasteiger partial charge in [-0.15, -0.1) is 23.5 Å². The molecular weight excluding hydrogens is 208 g/mol. The molecule has 0 aliphatic heterocycles. The van der Waals surface area contributed by atoms with E-state index in [0.717, 1.165) is 12.8 Å². The zero-order chi connectivity index (χ0) is 9.80. The summed E-state index contributed by atoms with van der Waals surface area (Å²) < 4.78 is 0.632. The van der Waals surface area contributed by atoms with Crippen LogP contribution in [-0.4, -0.2) is 4.58 Å². The minimum Gasteiger partial charge on any atom is -0.116 e. The fourth-order valence-electron chi connectivity index (χ4n) is 1.48. The Bertz CT molecular complexity index is 289. The van der Waals surface area contributed by atoms with Gasteiger partial charge >= 0.3 is 0 Å². The van der Waals surface area contributed by atoms with Crippen molar-refractivity contribution in [2.75, 3.05) is 0 Å². The van der Waals surface area contributed by atoms with Crippen LogP contribution in [0.5, 0.6) is 0 Å². The highest BCUT2D eigenvalue weighted by molar-refractivity contribution is 8.20. The van der Waals surface area contributed by atoms with Crippen LogP contribution >= 0.6 is 23.5 Å². The highest BCUT2D eigenvalue weighted by Gasteiger charge is 2.10. The van der Waals surface area contributed by atoms with Crippen LogP contribution in [-0.2, 0) is 0 Å². The Morgan fingerprint density at radius 1 is 1.00 bits per heavy atom. The normalized spacial score (nSPS) is 19.3. The lowest BCUT2D eigenvalue weighted by Crippen LogP contribution is -1.89. The van der Waals surface area contributed by atoms with Gasteiger partial charge in [0.15, 0.2) is 0 Å². The molecule has 0 nitrogen and oxygen atoms in total. The SMILES string of the molecule is CC(SC1=CC=CC1)SC1=CC=CC1. The van der Waals surface area contributed by atoms with Gasteiger partial charge in [-0.25, -0.2) is 0 Å². The van der Waals surface area contributed by atoms with Crippen LogP contribution < -0.4 is 0 Å². The molecule has 0 radical (unpaired) electrons. The standard InChI is InChI=1S/C12H14S2/c1-10(13-11-6-2-3-7-11)14-12-8-4-5-9-12/h2-6,8,10H,7,9H2,1H3. The van der Waals surface area contributed by atoms with Crippen molar-refractivity contribution < 1.29 is 0 Å². The molecule has 2 aliphatic carbocycles. The molecule has 0 spiro atoms. The van der Waals surface area contributed by atoms with Gasteiger partial charge in [0.1, 0.15) is 0 Å². The largest absolute Gasteiger partial charge is 0.116 e. The number of thioether (sulfide) groups is 2. The van der Waals surface area contributed by atoms with Crippen molar-refractivity contribution >= 4 is 23.5 Å². The molecule has 2 rings (SSSR count). The molecule has 0 N–H and O–H groups in total. The van der Waals surface area contributed by atoms with Crippen molar-refractivity contribution in [2.24, 2.45) is 0 Å². The Morgan fingerprint density at radius 2 is 1.50 bits per heavy atom. The van der Waals surface area contributed by atoms with Gasteiger partial charge in [-0.2, -0.15) is 0 Å². The second-order valence-corrected chi connectivity index (χ2v) is 6.57. The molecule has 0 saturated carbocycles. The molecule has 0 heterocycles. The van der Waals surface area contributed by atoms with E-state index < -0.39 is 0 Å². The molecule has 74 valence electrons. The number of hydrogen-bond donors (Lipinski definition) is 0. The lowest BCUT2D eigenvalue weighted by Gasteiger charge is -2.11. The van der Waals surface area contributed by atoms with Crippen LogP contribution in [0.3, 0.4) is 0 Å². The molecule has 2 aliphatic rings. The van der Waals surface area contributed by atoms with Gasteiger partial charge in [0.2, 0.25) is 0 Å². The fraction of sp³-hybridized carbons (Fsp3) is 0.333. The van der Waals surface area contributed by atoms with Gasteiger partial charge in [0, 0.05) is 0 Å². The van der Waals surface area contributed by atoms with Gasteiger partial charge in [0.05, 0.1) is 4.58 Å². The molecule has 0 saturated heterocycles. The minimum atomic E-state index is 0.632. The molecule has 0 unspecified atom stereocenters. The lowest BCUT2D eigenvalue weighted by molar-refractivity contribution is 1.36. The molecule has 0 aromatic heterocycles. The number of allylic oxidation sites excluding steroid dienone is 8. The summed E-state index contributed by atoms with van der Waals surface area (Å²) in [7, 11) is 0. The summed E-state index contributed by atoms with van der Waals surface area (Å²) in [5.74, 6) is 0. The average molecular weight is 222 g/mol. The van der Waals surface area contributed by atoms with Crippen molar-refractivity contribution in [1.82, 2.24) is 0 Å². The maximum Gasteiger partial charge on any atom is 0.0562 e. The molecule has 0 aromatic carbocycles. The van der Waals surface area contributed by atoms with Crippen LogP contribution in [0.1, 0.15) is 19.8 Å². The molecule has 0 bridgehead atoms. The van der Waals surface area contributed by atoms with E-state index in [1.54, 1.807) is 0 Å². The minimum absolute atomic E-state index is 0.632. The Balaban J connectivity index is 1.76. The van der Waals surface area contributed by atoms with Gasteiger partial charge in [-0.1, -0.05) is 36.5 Å².